The number of hydrogen-bond donors (Lipinski definition) is 1. The predicted molar refractivity (Wildman–Crippen MR) is 110 cm³/mol. The van der Waals surface area contributed by atoms with Crippen molar-refractivity contribution in [3.63, 3.8) is 0 Å². The first-order chi connectivity index (χ1) is 12.5. The van der Waals surface area contributed by atoms with Crippen LogP contribution in [0.25, 0.3) is 11.0 Å². The van der Waals surface area contributed by atoms with Crippen molar-refractivity contribution in [1.29, 1.82) is 0 Å². The van der Waals surface area contributed by atoms with E-state index in [0.29, 0.717) is 0 Å². The van der Waals surface area contributed by atoms with Gasteiger partial charge in [0.1, 0.15) is 5.82 Å². The number of imidazole rings is 1. The third kappa shape index (κ3) is 3.93. The third-order valence-corrected chi connectivity index (χ3v) is 4.94. The number of guanidine groups is 1. The lowest BCUT2D eigenvalue weighted by Crippen LogP contribution is -2.40. The lowest BCUT2D eigenvalue weighted by atomic mass is 10.3. The van der Waals surface area contributed by atoms with Gasteiger partial charge in [0.15, 0.2) is 5.96 Å². The molecule has 7 heteroatoms. The molecule has 0 aliphatic heterocycles. The molecule has 0 fully saturated rings. The zero-order valence-electron chi connectivity index (χ0n) is 15.7. The molecule has 1 aromatic carbocycles. The van der Waals surface area contributed by atoms with E-state index >= 15 is 0 Å². The summed E-state index contributed by atoms with van der Waals surface area (Å²) in [6, 6.07) is 10.4. The number of para-hydroxylation sites is 2. The van der Waals surface area contributed by atoms with Gasteiger partial charge in [0.25, 0.3) is 0 Å². The minimum atomic E-state index is 0.787. The van der Waals surface area contributed by atoms with E-state index in [1.54, 1.807) is 0 Å². The molecule has 3 rings (SSSR count). The lowest BCUT2D eigenvalue weighted by molar-refractivity contribution is 0.459. The molecule has 0 spiro atoms. The maximum absolute atomic E-state index is 4.62. The van der Waals surface area contributed by atoms with E-state index in [1.165, 1.54) is 11.2 Å². The number of fused-ring (bicyclic) bond motifs is 1. The molecular formula is C19H25BrN6. The molecule has 0 aliphatic rings. The van der Waals surface area contributed by atoms with E-state index in [1.807, 2.05) is 27.1 Å². The topological polar surface area (TPSA) is 50.4 Å². The average Bonchev–Trinajstić information content (AvgIpc) is 3.09. The highest BCUT2D eigenvalue weighted by Crippen LogP contribution is 2.16. The highest BCUT2D eigenvalue weighted by molar-refractivity contribution is 9.10. The summed E-state index contributed by atoms with van der Waals surface area (Å²) in [5.41, 5.74) is 3.43. The molecule has 26 heavy (non-hydrogen) atoms. The van der Waals surface area contributed by atoms with Gasteiger partial charge in [0.2, 0.25) is 0 Å². The molecule has 2 aromatic heterocycles. The Hall–Kier alpha value is -2.28. The second kappa shape index (κ2) is 7.95. The minimum absolute atomic E-state index is 0.787. The van der Waals surface area contributed by atoms with Crippen LogP contribution in [0.3, 0.4) is 0 Å². The number of hydrogen-bond acceptors (Lipinski definition) is 2. The van der Waals surface area contributed by atoms with Gasteiger partial charge < -0.3 is 19.4 Å². The van der Waals surface area contributed by atoms with Gasteiger partial charge in [-0.1, -0.05) is 12.1 Å². The van der Waals surface area contributed by atoms with E-state index in [4.69, 9.17) is 0 Å². The highest BCUT2D eigenvalue weighted by atomic mass is 79.9. The number of benzene rings is 1. The Kier molecular flexibility index (Phi) is 5.66. The number of nitrogens with one attached hydrogen (secondary N) is 1. The Morgan fingerprint density at radius 2 is 2.12 bits per heavy atom. The molecule has 0 radical (unpaired) electrons. The summed E-state index contributed by atoms with van der Waals surface area (Å²) < 4.78 is 5.45. The molecule has 2 heterocycles. The van der Waals surface area contributed by atoms with Gasteiger partial charge in [-0.15, -0.1) is 0 Å². The van der Waals surface area contributed by atoms with E-state index < -0.39 is 0 Å². The Morgan fingerprint density at radius 3 is 2.81 bits per heavy atom. The van der Waals surface area contributed by atoms with E-state index in [9.17, 15) is 0 Å². The molecule has 1 N–H and O–H groups in total. The van der Waals surface area contributed by atoms with Gasteiger partial charge in [-0.05, 0) is 41.1 Å². The van der Waals surface area contributed by atoms with Crippen molar-refractivity contribution < 1.29 is 0 Å². The first-order valence-corrected chi connectivity index (χ1v) is 9.43. The zero-order valence-corrected chi connectivity index (χ0v) is 17.3. The Bertz CT molecular complexity index is 923. The smallest absolute Gasteiger partial charge is 0.193 e. The fourth-order valence-electron chi connectivity index (χ4n) is 3.18. The summed E-state index contributed by atoms with van der Waals surface area (Å²) in [5.74, 6) is 1.91. The lowest BCUT2D eigenvalue weighted by Gasteiger charge is -2.22. The molecular weight excluding hydrogens is 392 g/mol. The fourth-order valence-corrected chi connectivity index (χ4v) is 3.76. The molecule has 3 aromatic rings. The Balaban J connectivity index is 1.62. The Morgan fingerprint density at radius 1 is 1.35 bits per heavy atom. The fraction of sp³-hybridized carbons (Fsp3) is 0.368. The van der Waals surface area contributed by atoms with Crippen molar-refractivity contribution in [2.24, 2.45) is 12.0 Å². The highest BCUT2D eigenvalue weighted by Gasteiger charge is 2.10. The summed E-state index contributed by atoms with van der Waals surface area (Å²) in [4.78, 5) is 11.2. The first-order valence-electron chi connectivity index (χ1n) is 8.64. The second-order valence-electron chi connectivity index (χ2n) is 6.39. The number of nitrogens with zero attached hydrogens (tertiary/aromatic N) is 5. The molecule has 0 unspecified atom stereocenters. The molecule has 0 saturated heterocycles. The van der Waals surface area contributed by atoms with Crippen LogP contribution in [0.5, 0.6) is 0 Å². The van der Waals surface area contributed by atoms with Crippen LogP contribution in [0.2, 0.25) is 0 Å². The van der Waals surface area contributed by atoms with E-state index in [-0.39, 0.29) is 0 Å². The van der Waals surface area contributed by atoms with Crippen molar-refractivity contribution in [2.75, 3.05) is 20.6 Å². The molecule has 6 nitrogen and oxygen atoms in total. The van der Waals surface area contributed by atoms with Gasteiger partial charge >= 0.3 is 0 Å². The quantitative estimate of drug-likeness (QED) is 0.513. The van der Waals surface area contributed by atoms with Gasteiger partial charge in [-0.25, -0.2) is 4.98 Å². The van der Waals surface area contributed by atoms with Crippen LogP contribution in [0.4, 0.5) is 0 Å². The molecule has 0 amide bonds. The number of aryl methyl sites for hydroxylation is 2. The normalized spacial score (nSPS) is 12.0. The van der Waals surface area contributed by atoms with E-state index in [2.05, 4.69) is 82.8 Å². The van der Waals surface area contributed by atoms with Gasteiger partial charge in [-0.3, -0.25) is 4.99 Å². The standard InChI is InChI=1S/C19H25BrN6/c1-14-23-17-7-5-6-8-18(17)26(14)10-9-22-19(21-2)25(4)13-16-11-15(20)12-24(16)3/h5-8,11-12H,9-10,13H2,1-4H3,(H,21,22). The minimum Gasteiger partial charge on any atom is -0.354 e. The number of rotatable bonds is 5. The van der Waals surface area contributed by atoms with Crippen LogP contribution in [-0.4, -0.2) is 45.6 Å². The van der Waals surface area contributed by atoms with Crippen LogP contribution in [0.15, 0.2) is 46.0 Å². The zero-order chi connectivity index (χ0) is 18.7. The summed E-state index contributed by atoms with van der Waals surface area (Å²) >= 11 is 3.52. The summed E-state index contributed by atoms with van der Waals surface area (Å²) in [5, 5.41) is 3.45. The largest absolute Gasteiger partial charge is 0.354 e. The summed E-state index contributed by atoms with van der Waals surface area (Å²) in [6.45, 7) is 4.47. The van der Waals surface area contributed by atoms with Crippen LogP contribution in [-0.2, 0) is 20.1 Å². The van der Waals surface area contributed by atoms with Crippen LogP contribution in [0, 0.1) is 6.92 Å². The van der Waals surface area contributed by atoms with Crippen LogP contribution >= 0.6 is 15.9 Å². The van der Waals surface area contributed by atoms with Crippen molar-refractivity contribution >= 4 is 32.9 Å². The van der Waals surface area contributed by atoms with Crippen molar-refractivity contribution in [3.05, 3.63) is 52.5 Å². The van der Waals surface area contributed by atoms with Gasteiger partial charge in [0, 0.05) is 50.6 Å². The predicted octanol–water partition coefficient (Wildman–Crippen LogP) is 3.15. The first kappa shape index (κ1) is 18.5. The van der Waals surface area contributed by atoms with Crippen LogP contribution in [0.1, 0.15) is 11.5 Å². The summed E-state index contributed by atoms with van der Waals surface area (Å²) in [6.07, 6.45) is 2.06. The maximum Gasteiger partial charge on any atom is 0.193 e. The maximum atomic E-state index is 4.62. The number of halogens is 1. The second-order valence-corrected chi connectivity index (χ2v) is 7.31. The van der Waals surface area contributed by atoms with Crippen molar-refractivity contribution in [1.82, 2.24) is 24.3 Å². The SMILES string of the molecule is CN=C(NCCn1c(C)nc2ccccc21)N(C)Cc1cc(Br)cn1C. The van der Waals surface area contributed by atoms with Gasteiger partial charge in [-0.2, -0.15) is 0 Å². The number of aromatic nitrogens is 3. The molecule has 0 aliphatic carbocycles. The van der Waals surface area contributed by atoms with Gasteiger partial charge in [0.05, 0.1) is 17.6 Å². The van der Waals surface area contributed by atoms with E-state index in [0.717, 1.165) is 41.4 Å². The number of aliphatic imine (C=N–C) groups is 1. The molecule has 0 atom stereocenters. The Labute approximate surface area is 162 Å². The summed E-state index contributed by atoms with van der Waals surface area (Å²) in [7, 11) is 5.92. The average molecular weight is 417 g/mol. The molecule has 138 valence electrons. The molecule has 0 bridgehead atoms. The van der Waals surface area contributed by atoms with Crippen molar-refractivity contribution in [3.8, 4) is 0 Å². The third-order valence-electron chi connectivity index (χ3n) is 4.51. The monoisotopic (exact) mass is 416 g/mol. The van der Waals surface area contributed by atoms with Crippen LogP contribution < -0.4 is 5.32 Å². The molecule has 0 saturated carbocycles. The van der Waals surface area contributed by atoms with Crippen molar-refractivity contribution in [2.45, 2.75) is 20.0 Å².